The molecule has 0 unspecified atom stereocenters. The lowest BCUT2D eigenvalue weighted by atomic mass is 10.0. The lowest BCUT2D eigenvalue weighted by Gasteiger charge is -2.41. The number of halogens is 1. The van der Waals surface area contributed by atoms with Crippen LogP contribution in [0.15, 0.2) is 42.5 Å². The van der Waals surface area contributed by atoms with Crippen molar-refractivity contribution in [3.63, 3.8) is 0 Å². The zero-order valence-corrected chi connectivity index (χ0v) is 21.1. The first-order valence-corrected chi connectivity index (χ1v) is 12.9. The van der Waals surface area contributed by atoms with Gasteiger partial charge in [-0.05, 0) is 65.1 Å². The summed E-state index contributed by atoms with van der Waals surface area (Å²) in [6, 6.07) is 13.3. The third-order valence-electron chi connectivity index (χ3n) is 7.61. The molecule has 2 fully saturated rings. The van der Waals surface area contributed by atoms with E-state index in [2.05, 4.69) is 25.3 Å². The Morgan fingerprint density at radius 3 is 2.36 bits per heavy atom. The van der Waals surface area contributed by atoms with Gasteiger partial charge in [-0.3, -0.25) is 9.80 Å². The highest BCUT2D eigenvalue weighted by Crippen LogP contribution is 2.31. The van der Waals surface area contributed by atoms with E-state index in [9.17, 15) is 4.39 Å². The van der Waals surface area contributed by atoms with Crippen LogP contribution in [0, 0.1) is 5.82 Å². The molecule has 9 heteroatoms. The Bertz CT molecular complexity index is 1120. The van der Waals surface area contributed by atoms with E-state index in [-0.39, 0.29) is 11.9 Å². The molecule has 2 aromatic carbocycles. The maximum absolute atomic E-state index is 13.8. The lowest BCUT2D eigenvalue weighted by Crippen LogP contribution is -2.51. The van der Waals surface area contributed by atoms with Crippen LogP contribution < -0.4 is 9.47 Å². The van der Waals surface area contributed by atoms with Crippen molar-refractivity contribution in [1.82, 2.24) is 30.0 Å². The van der Waals surface area contributed by atoms with Gasteiger partial charge in [-0.1, -0.05) is 31.0 Å². The van der Waals surface area contributed by atoms with Gasteiger partial charge in [0.2, 0.25) is 0 Å². The standard InChI is InChI=1S/C27H35FN6O2/c1-35-24-12-7-20(19-25(24)36-2)13-14-34-27(29-30-31-34)26(21-8-10-22(28)11-9-21)33-17-15-32(16-18-33)23-5-3-4-6-23/h7-12,19,23,26H,3-6,13-18H2,1-2H3/t26-/m1/s1. The fourth-order valence-corrected chi connectivity index (χ4v) is 5.64. The predicted molar refractivity (Wildman–Crippen MR) is 135 cm³/mol. The molecule has 5 rings (SSSR count). The van der Waals surface area contributed by atoms with E-state index in [1.807, 2.05) is 35.0 Å². The minimum absolute atomic E-state index is 0.128. The molecule has 36 heavy (non-hydrogen) atoms. The van der Waals surface area contributed by atoms with Gasteiger partial charge in [0, 0.05) is 38.8 Å². The molecule has 1 aliphatic carbocycles. The Morgan fingerprint density at radius 2 is 1.67 bits per heavy atom. The summed E-state index contributed by atoms with van der Waals surface area (Å²) in [6.07, 6.45) is 6.06. The Kier molecular flexibility index (Phi) is 7.77. The second-order valence-electron chi connectivity index (χ2n) is 9.66. The minimum atomic E-state index is -0.239. The Balaban J connectivity index is 1.35. The number of methoxy groups -OCH3 is 2. The average molecular weight is 495 g/mol. The van der Waals surface area contributed by atoms with Crippen molar-refractivity contribution < 1.29 is 13.9 Å². The largest absolute Gasteiger partial charge is 0.493 e. The van der Waals surface area contributed by atoms with Gasteiger partial charge in [-0.2, -0.15) is 0 Å². The number of hydrogen-bond acceptors (Lipinski definition) is 7. The third kappa shape index (κ3) is 5.37. The van der Waals surface area contributed by atoms with Crippen LogP contribution in [0.5, 0.6) is 11.5 Å². The molecule has 3 aromatic rings. The van der Waals surface area contributed by atoms with Crippen molar-refractivity contribution in [1.29, 1.82) is 0 Å². The minimum Gasteiger partial charge on any atom is -0.493 e. The molecular formula is C27H35FN6O2. The zero-order valence-electron chi connectivity index (χ0n) is 21.1. The zero-order chi connectivity index (χ0) is 24.9. The Hall–Kier alpha value is -3.04. The van der Waals surface area contributed by atoms with Gasteiger partial charge in [0.05, 0.1) is 20.3 Å². The number of aromatic nitrogens is 4. The highest BCUT2D eigenvalue weighted by Gasteiger charge is 2.33. The summed E-state index contributed by atoms with van der Waals surface area (Å²) in [5.74, 6) is 1.96. The predicted octanol–water partition coefficient (Wildman–Crippen LogP) is 3.72. The maximum Gasteiger partial charge on any atom is 0.173 e. The summed E-state index contributed by atoms with van der Waals surface area (Å²) in [6.45, 7) is 4.56. The highest BCUT2D eigenvalue weighted by atomic mass is 19.1. The Labute approximate surface area is 212 Å². The normalized spacial score (nSPS) is 18.4. The molecule has 1 atom stereocenters. The summed E-state index contributed by atoms with van der Waals surface area (Å²) < 4.78 is 26.5. The van der Waals surface area contributed by atoms with Crippen molar-refractivity contribution in [3.05, 3.63) is 65.2 Å². The number of nitrogens with zero attached hydrogens (tertiary/aromatic N) is 6. The van der Waals surface area contributed by atoms with Crippen LogP contribution in [-0.2, 0) is 13.0 Å². The van der Waals surface area contributed by atoms with Crippen LogP contribution >= 0.6 is 0 Å². The van der Waals surface area contributed by atoms with Crippen molar-refractivity contribution in [2.45, 2.75) is 50.7 Å². The first-order valence-electron chi connectivity index (χ1n) is 12.9. The summed E-state index contributed by atoms with van der Waals surface area (Å²) in [7, 11) is 3.27. The first-order chi connectivity index (χ1) is 17.7. The van der Waals surface area contributed by atoms with Crippen molar-refractivity contribution in [3.8, 4) is 11.5 Å². The van der Waals surface area contributed by atoms with Crippen LogP contribution in [0.3, 0.4) is 0 Å². The quantitative estimate of drug-likeness (QED) is 0.449. The van der Waals surface area contributed by atoms with E-state index < -0.39 is 0 Å². The molecule has 8 nitrogen and oxygen atoms in total. The molecule has 0 N–H and O–H groups in total. The van der Waals surface area contributed by atoms with Gasteiger partial charge in [-0.15, -0.1) is 5.10 Å². The summed E-state index contributed by atoms with van der Waals surface area (Å²) in [5, 5.41) is 12.8. The second-order valence-corrected chi connectivity index (χ2v) is 9.66. The average Bonchev–Trinajstić information content (AvgIpc) is 3.62. The van der Waals surface area contributed by atoms with Crippen LogP contribution in [0.25, 0.3) is 0 Å². The molecule has 1 saturated heterocycles. The number of hydrogen-bond donors (Lipinski definition) is 0. The number of piperazine rings is 1. The van der Waals surface area contributed by atoms with Gasteiger partial charge in [-0.25, -0.2) is 9.07 Å². The van der Waals surface area contributed by atoms with Gasteiger partial charge >= 0.3 is 0 Å². The topological polar surface area (TPSA) is 68.5 Å². The van der Waals surface area contributed by atoms with E-state index in [0.29, 0.717) is 18.0 Å². The van der Waals surface area contributed by atoms with Crippen molar-refractivity contribution >= 4 is 0 Å². The second kappa shape index (κ2) is 11.3. The maximum atomic E-state index is 13.8. The molecule has 1 saturated carbocycles. The van der Waals surface area contributed by atoms with E-state index in [1.54, 1.807) is 14.2 Å². The van der Waals surface area contributed by atoms with Crippen LogP contribution in [-0.4, -0.2) is 76.4 Å². The van der Waals surface area contributed by atoms with Crippen molar-refractivity contribution in [2.24, 2.45) is 0 Å². The molecule has 0 amide bonds. The monoisotopic (exact) mass is 494 g/mol. The van der Waals surface area contributed by atoms with E-state index >= 15 is 0 Å². The van der Waals surface area contributed by atoms with Gasteiger partial charge in [0.15, 0.2) is 17.3 Å². The van der Waals surface area contributed by atoms with E-state index in [1.165, 1.54) is 37.8 Å². The number of aryl methyl sites for hydroxylation is 2. The number of benzene rings is 2. The van der Waals surface area contributed by atoms with Crippen LogP contribution in [0.4, 0.5) is 4.39 Å². The van der Waals surface area contributed by atoms with E-state index in [4.69, 9.17) is 9.47 Å². The van der Waals surface area contributed by atoms with Gasteiger partial charge in [0.25, 0.3) is 0 Å². The van der Waals surface area contributed by atoms with Gasteiger partial charge < -0.3 is 9.47 Å². The third-order valence-corrected chi connectivity index (χ3v) is 7.61. The number of tetrazole rings is 1. The fourth-order valence-electron chi connectivity index (χ4n) is 5.64. The molecule has 2 heterocycles. The SMILES string of the molecule is COc1ccc(CCn2nnnc2[C@@H](c2ccc(F)cc2)N2CCN(C3CCCC3)CC2)cc1OC. The summed E-state index contributed by atoms with van der Waals surface area (Å²) in [4.78, 5) is 5.09. The summed E-state index contributed by atoms with van der Waals surface area (Å²) >= 11 is 0. The molecular weight excluding hydrogens is 459 g/mol. The number of rotatable bonds is 9. The molecule has 0 bridgehead atoms. The Morgan fingerprint density at radius 1 is 0.944 bits per heavy atom. The molecule has 1 aromatic heterocycles. The van der Waals surface area contributed by atoms with Crippen LogP contribution in [0.1, 0.15) is 48.7 Å². The molecule has 192 valence electrons. The number of ether oxygens (including phenoxy) is 2. The highest BCUT2D eigenvalue weighted by molar-refractivity contribution is 5.42. The van der Waals surface area contributed by atoms with Crippen molar-refractivity contribution in [2.75, 3.05) is 40.4 Å². The van der Waals surface area contributed by atoms with Gasteiger partial charge in [0.1, 0.15) is 5.82 Å². The molecule has 0 radical (unpaired) electrons. The smallest absolute Gasteiger partial charge is 0.173 e. The lowest BCUT2D eigenvalue weighted by molar-refractivity contribution is 0.0770. The fraction of sp³-hybridized carbons (Fsp3) is 0.519. The summed E-state index contributed by atoms with van der Waals surface area (Å²) in [5.41, 5.74) is 2.12. The molecule has 0 spiro atoms. The first kappa shape index (κ1) is 24.6. The van der Waals surface area contributed by atoms with Crippen LogP contribution in [0.2, 0.25) is 0 Å². The molecule has 2 aliphatic rings. The molecule has 1 aliphatic heterocycles. The van der Waals surface area contributed by atoms with E-state index in [0.717, 1.165) is 55.6 Å².